The fraction of sp³-hybridized carbons (Fsp3) is 0.556. The molecule has 0 spiro atoms. The van der Waals surface area contributed by atoms with E-state index in [4.69, 9.17) is 0 Å². The summed E-state index contributed by atoms with van der Waals surface area (Å²) in [5.74, 6) is -0.114. The van der Waals surface area contributed by atoms with Gasteiger partial charge in [-0.3, -0.25) is 9.59 Å². The summed E-state index contributed by atoms with van der Waals surface area (Å²) in [4.78, 5) is 26.5. The summed E-state index contributed by atoms with van der Waals surface area (Å²) >= 11 is 0. The van der Waals surface area contributed by atoms with Gasteiger partial charge < -0.3 is 15.5 Å². The Labute approximate surface area is 138 Å². The highest BCUT2D eigenvalue weighted by molar-refractivity contribution is 5.96. The molecule has 5 nitrogen and oxygen atoms in total. The van der Waals surface area contributed by atoms with Crippen molar-refractivity contribution in [2.75, 3.05) is 25.0 Å². The minimum Gasteiger partial charge on any atom is -0.332 e. The van der Waals surface area contributed by atoms with Crippen LogP contribution in [0.15, 0.2) is 18.2 Å². The second kappa shape index (κ2) is 8.11. The van der Waals surface area contributed by atoms with E-state index in [-0.39, 0.29) is 24.4 Å². The molecule has 0 radical (unpaired) electrons. The van der Waals surface area contributed by atoms with Crippen LogP contribution in [0.5, 0.6) is 0 Å². The number of amides is 2. The van der Waals surface area contributed by atoms with Gasteiger partial charge in [0.2, 0.25) is 11.8 Å². The molecule has 1 unspecified atom stereocenters. The number of piperidine rings is 1. The molecule has 0 aliphatic carbocycles. The Morgan fingerprint density at radius 3 is 2.52 bits per heavy atom. The van der Waals surface area contributed by atoms with Crippen LogP contribution in [-0.2, 0) is 9.59 Å². The maximum atomic E-state index is 12.5. The van der Waals surface area contributed by atoms with Gasteiger partial charge in [0.25, 0.3) is 0 Å². The number of nitrogens with zero attached hydrogens (tertiary/aromatic N) is 1. The second-order valence-corrected chi connectivity index (χ2v) is 6.17. The average Bonchev–Trinajstić information content (AvgIpc) is 2.56. The van der Waals surface area contributed by atoms with E-state index in [1.807, 2.05) is 39.0 Å². The van der Waals surface area contributed by atoms with Crippen LogP contribution in [0.3, 0.4) is 0 Å². The Bertz CT molecular complexity index is 545. The first-order valence-electron chi connectivity index (χ1n) is 8.41. The Hall–Kier alpha value is -1.88. The normalized spacial score (nSPS) is 17.6. The molecule has 23 heavy (non-hydrogen) atoms. The lowest BCUT2D eigenvalue weighted by Gasteiger charge is -2.29. The van der Waals surface area contributed by atoms with Crippen LogP contribution in [-0.4, -0.2) is 42.4 Å². The highest BCUT2D eigenvalue weighted by atomic mass is 16.2. The molecule has 1 aliphatic rings. The van der Waals surface area contributed by atoms with Gasteiger partial charge in [-0.15, -0.1) is 0 Å². The van der Waals surface area contributed by atoms with Crippen molar-refractivity contribution in [3.63, 3.8) is 0 Å². The van der Waals surface area contributed by atoms with Crippen LogP contribution >= 0.6 is 0 Å². The number of rotatable bonds is 5. The minimum atomic E-state index is -0.145. The molecule has 1 saturated heterocycles. The van der Waals surface area contributed by atoms with Crippen molar-refractivity contribution < 1.29 is 9.59 Å². The van der Waals surface area contributed by atoms with Crippen LogP contribution < -0.4 is 10.6 Å². The van der Waals surface area contributed by atoms with E-state index in [1.165, 1.54) is 0 Å². The Morgan fingerprint density at radius 2 is 1.96 bits per heavy atom. The topological polar surface area (TPSA) is 61.4 Å². The number of benzene rings is 1. The molecule has 2 N–H and O–H groups in total. The molecule has 1 aromatic carbocycles. The zero-order chi connectivity index (χ0) is 16.8. The fourth-order valence-electron chi connectivity index (χ4n) is 2.99. The largest absolute Gasteiger partial charge is 0.332 e. The molecule has 0 saturated carbocycles. The third-order valence-corrected chi connectivity index (χ3v) is 4.38. The molecular weight excluding hydrogens is 290 g/mol. The molecule has 0 bridgehead atoms. The first-order valence-corrected chi connectivity index (χ1v) is 8.41. The summed E-state index contributed by atoms with van der Waals surface area (Å²) in [5.41, 5.74) is 2.90. The maximum Gasteiger partial charge on any atom is 0.244 e. The predicted molar refractivity (Wildman–Crippen MR) is 92.4 cm³/mol. The number of hydrogen-bond donors (Lipinski definition) is 2. The standard InChI is InChI=1S/C18H27N3O2/c1-4-21(18(23)15-10-5-6-11-19-15)12-16(22)20-17-13(2)8-7-9-14(17)3/h7-9,15,19H,4-6,10-12H2,1-3H3,(H,20,22). The lowest BCUT2D eigenvalue weighted by atomic mass is 10.0. The molecule has 126 valence electrons. The lowest BCUT2D eigenvalue weighted by Crippen LogP contribution is -2.50. The van der Waals surface area contributed by atoms with E-state index in [0.717, 1.165) is 42.6 Å². The summed E-state index contributed by atoms with van der Waals surface area (Å²) in [5, 5.41) is 6.20. The van der Waals surface area contributed by atoms with Crippen LogP contribution in [0.4, 0.5) is 5.69 Å². The summed E-state index contributed by atoms with van der Waals surface area (Å²) in [6.07, 6.45) is 3.03. The Kier molecular flexibility index (Phi) is 6.16. The number of carbonyl (C=O) groups is 2. The predicted octanol–water partition coefficient (Wildman–Crippen LogP) is 2.23. The molecule has 5 heteroatoms. The molecule has 1 aromatic rings. The first kappa shape index (κ1) is 17.5. The maximum absolute atomic E-state index is 12.5. The first-order chi connectivity index (χ1) is 11.0. The van der Waals surface area contributed by atoms with Crippen LogP contribution in [0.1, 0.15) is 37.3 Å². The fourth-order valence-corrected chi connectivity index (χ4v) is 2.99. The number of aryl methyl sites for hydroxylation is 2. The van der Waals surface area contributed by atoms with Gasteiger partial charge in [-0.1, -0.05) is 24.6 Å². The lowest BCUT2D eigenvalue weighted by molar-refractivity contribution is -0.136. The molecule has 1 heterocycles. The molecule has 2 amide bonds. The van der Waals surface area contributed by atoms with Gasteiger partial charge in [0, 0.05) is 12.2 Å². The average molecular weight is 317 g/mol. The summed E-state index contributed by atoms with van der Waals surface area (Å²) in [7, 11) is 0. The molecule has 0 aromatic heterocycles. The zero-order valence-corrected chi connectivity index (χ0v) is 14.3. The molecule has 1 atom stereocenters. The van der Waals surface area contributed by atoms with Crippen molar-refractivity contribution >= 4 is 17.5 Å². The highest BCUT2D eigenvalue weighted by Crippen LogP contribution is 2.19. The highest BCUT2D eigenvalue weighted by Gasteiger charge is 2.26. The van der Waals surface area contributed by atoms with E-state index in [9.17, 15) is 9.59 Å². The van der Waals surface area contributed by atoms with E-state index in [0.29, 0.717) is 6.54 Å². The van der Waals surface area contributed by atoms with E-state index in [2.05, 4.69) is 10.6 Å². The summed E-state index contributed by atoms with van der Waals surface area (Å²) in [6.45, 7) is 7.36. The SMILES string of the molecule is CCN(CC(=O)Nc1c(C)cccc1C)C(=O)C1CCCCN1. The third kappa shape index (κ3) is 4.55. The van der Waals surface area contributed by atoms with Crippen molar-refractivity contribution in [1.29, 1.82) is 0 Å². The van der Waals surface area contributed by atoms with Gasteiger partial charge in [-0.25, -0.2) is 0 Å². The van der Waals surface area contributed by atoms with Gasteiger partial charge in [-0.05, 0) is 51.3 Å². The van der Waals surface area contributed by atoms with Crippen molar-refractivity contribution in [3.05, 3.63) is 29.3 Å². The van der Waals surface area contributed by atoms with E-state index in [1.54, 1.807) is 4.90 Å². The number of hydrogen-bond acceptors (Lipinski definition) is 3. The number of anilines is 1. The van der Waals surface area contributed by atoms with Gasteiger partial charge >= 0.3 is 0 Å². The molecule has 2 rings (SSSR count). The number of nitrogens with one attached hydrogen (secondary N) is 2. The summed E-state index contributed by atoms with van der Waals surface area (Å²) < 4.78 is 0. The van der Waals surface area contributed by atoms with Gasteiger partial charge in [0.1, 0.15) is 0 Å². The van der Waals surface area contributed by atoms with E-state index < -0.39 is 0 Å². The minimum absolute atomic E-state index is 0.0313. The van der Waals surface area contributed by atoms with Crippen LogP contribution in [0.2, 0.25) is 0 Å². The monoisotopic (exact) mass is 317 g/mol. The van der Waals surface area contributed by atoms with E-state index >= 15 is 0 Å². The Morgan fingerprint density at radius 1 is 1.26 bits per heavy atom. The van der Waals surface area contributed by atoms with Gasteiger partial charge in [0.15, 0.2) is 0 Å². The van der Waals surface area contributed by atoms with Gasteiger partial charge in [0.05, 0.1) is 12.6 Å². The Balaban J connectivity index is 1.98. The number of para-hydroxylation sites is 1. The van der Waals surface area contributed by atoms with Crippen LogP contribution in [0.25, 0.3) is 0 Å². The second-order valence-electron chi connectivity index (χ2n) is 6.17. The zero-order valence-electron chi connectivity index (χ0n) is 14.3. The number of likely N-dealkylation sites (N-methyl/N-ethyl adjacent to an activating group) is 1. The van der Waals surface area contributed by atoms with Crippen molar-refractivity contribution in [2.24, 2.45) is 0 Å². The quantitative estimate of drug-likeness (QED) is 0.875. The molecular formula is C18H27N3O2. The smallest absolute Gasteiger partial charge is 0.244 e. The van der Waals surface area contributed by atoms with Gasteiger partial charge in [-0.2, -0.15) is 0 Å². The van der Waals surface area contributed by atoms with Crippen molar-refractivity contribution in [3.8, 4) is 0 Å². The van der Waals surface area contributed by atoms with Crippen molar-refractivity contribution in [2.45, 2.75) is 46.1 Å². The number of carbonyl (C=O) groups excluding carboxylic acids is 2. The molecule has 1 aliphatic heterocycles. The van der Waals surface area contributed by atoms with Crippen LogP contribution in [0, 0.1) is 13.8 Å². The molecule has 1 fully saturated rings. The van der Waals surface area contributed by atoms with Crippen molar-refractivity contribution in [1.82, 2.24) is 10.2 Å². The third-order valence-electron chi connectivity index (χ3n) is 4.38. The summed E-state index contributed by atoms with van der Waals surface area (Å²) in [6, 6.07) is 5.77.